The quantitative estimate of drug-likeness (QED) is 0.263. The van der Waals surface area contributed by atoms with E-state index in [0.29, 0.717) is 0 Å². The van der Waals surface area contributed by atoms with Crippen molar-refractivity contribution in [3.63, 3.8) is 0 Å². The second-order valence-corrected chi connectivity index (χ2v) is 6.80. The summed E-state index contributed by atoms with van der Waals surface area (Å²) in [5.74, 6) is 0. The molecule has 0 saturated heterocycles. The van der Waals surface area contributed by atoms with Gasteiger partial charge in [-0.15, -0.1) is 0 Å². The maximum atomic E-state index is 6.13. The molecule has 0 aromatic heterocycles. The molecule has 0 N–H and O–H groups in total. The number of nitrogens with zero attached hydrogens (tertiary/aromatic N) is 1. The Kier molecular flexibility index (Phi) is 9.96. The van der Waals surface area contributed by atoms with Gasteiger partial charge in [-0.3, -0.25) is 0 Å². The largest absolute Gasteiger partial charge is 0.352 e. The van der Waals surface area contributed by atoms with Crippen LogP contribution in [0.25, 0.3) is 0 Å². The minimum absolute atomic E-state index is 0.142. The summed E-state index contributed by atoms with van der Waals surface area (Å²) in [7, 11) is 0. The normalized spacial score (nSPS) is 18.8. The van der Waals surface area contributed by atoms with Gasteiger partial charge in [0.15, 0.2) is 4.83 Å². The molecule has 0 radical (unpaired) electrons. The van der Waals surface area contributed by atoms with E-state index in [0.717, 1.165) is 6.54 Å². The fraction of sp³-hybridized carbons (Fsp3) is 0.867. The average Bonchev–Trinajstić information content (AvgIpc) is 2.77. The Morgan fingerprint density at radius 3 is 2.00 bits per heavy atom. The van der Waals surface area contributed by atoms with Crippen LogP contribution in [0.5, 0.6) is 0 Å². The maximum absolute atomic E-state index is 6.13. The molecule has 0 aromatic carbocycles. The van der Waals surface area contributed by atoms with E-state index < -0.39 is 0 Å². The van der Waals surface area contributed by atoms with Crippen molar-refractivity contribution >= 4 is 23.4 Å². The van der Waals surface area contributed by atoms with Crippen LogP contribution in [0.3, 0.4) is 0 Å². The zero-order valence-electron chi connectivity index (χ0n) is 11.7. The van der Waals surface area contributed by atoms with E-state index in [-0.39, 0.29) is 4.83 Å². The first-order valence-corrected chi connectivity index (χ1v) is 8.94. The lowest BCUT2D eigenvalue weighted by molar-refractivity contribution is 0.399. The molecule has 18 heavy (non-hydrogen) atoms. The molecular formula is C15H28ClNS. The van der Waals surface area contributed by atoms with E-state index in [1.54, 1.807) is 11.8 Å². The molecular weight excluding hydrogens is 262 g/mol. The third-order valence-corrected chi connectivity index (χ3v) is 4.81. The van der Waals surface area contributed by atoms with Crippen LogP contribution in [0.1, 0.15) is 71.1 Å². The first-order chi connectivity index (χ1) is 8.84. The van der Waals surface area contributed by atoms with Crippen molar-refractivity contribution in [2.75, 3.05) is 6.54 Å². The van der Waals surface area contributed by atoms with E-state index in [1.807, 2.05) is 0 Å². The van der Waals surface area contributed by atoms with Gasteiger partial charge in [0.25, 0.3) is 0 Å². The Bertz CT molecular complexity index is 221. The Morgan fingerprint density at radius 2 is 1.50 bits per heavy atom. The number of halogens is 1. The van der Waals surface area contributed by atoms with E-state index in [9.17, 15) is 0 Å². The molecule has 1 atom stereocenters. The SMILES string of the molecule is CCCCCCCCCCCCN1C=CSC1Cl. The van der Waals surface area contributed by atoms with Crippen LogP contribution in [0.4, 0.5) is 0 Å². The first-order valence-electron chi connectivity index (χ1n) is 7.56. The summed E-state index contributed by atoms with van der Waals surface area (Å²) in [4.78, 5) is 2.38. The third kappa shape index (κ3) is 7.58. The van der Waals surface area contributed by atoms with Gasteiger partial charge in [-0.05, 0) is 11.8 Å². The summed E-state index contributed by atoms with van der Waals surface area (Å²) >= 11 is 7.83. The molecule has 0 saturated carbocycles. The zero-order valence-corrected chi connectivity index (χ0v) is 13.3. The second kappa shape index (κ2) is 11.0. The molecule has 0 aliphatic carbocycles. The molecule has 1 unspecified atom stereocenters. The summed E-state index contributed by atoms with van der Waals surface area (Å²) in [6.45, 7) is 3.40. The van der Waals surface area contributed by atoms with E-state index >= 15 is 0 Å². The fourth-order valence-corrected chi connectivity index (χ4v) is 3.31. The number of alkyl halides is 1. The predicted molar refractivity (Wildman–Crippen MR) is 84.9 cm³/mol. The van der Waals surface area contributed by atoms with Gasteiger partial charge in [0, 0.05) is 12.7 Å². The van der Waals surface area contributed by atoms with Gasteiger partial charge in [-0.25, -0.2) is 0 Å². The summed E-state index contributed by atoms with van der Waals surface area (Å²) in [5.41, 5.74) is 0. The number of hydrogen-bond acceptors (Lipinski definition) is 2. The fourth-order valence-electron chi connectivity index (χ4n) is 2.28. The van der Waals surface area contributed by atoms with Crippen molar-refractivity contribution in [3.8, 4) is 0 Å². The zero-order chi connectivity index (χ0) is 13.1. The van der Waals surface area contributed by atoms with Gasteiger partial charge >= 0.3 is 0 Å². The Morgan fingerprint density at radius 1 is 0.944 bits per heavy atom. The van der Waals surface area contributed by atoms with Gasteiger partial charge in [0.2, 0.25) is 0 Å². The second-order valence-electron chi connectivity index (χ2n) is 5.13. The highest BCUT2D eigenvalue weighted by Gasteiger charge is 2.15. The highest BCUT2D eigenvalue weighted by molar-refractivity contribution is 8.04. The van der Waals surface area contributed by atoms with Crippen LogP contribution >= 0.6 is 23.4 Å². The minimum atomic E-state index is 0.142. The molecule has 1 aliphatic heterocycles. The molecule has 1 aliphatic rings. The third-order valence-electron chi connectivity index (χ3n) is 3.47. The van der Waals surface area contributed by atoms with Gasteiger partial charge in [-0.2, -0.15) is 0 Å². The molecule has 0 bridgehead atoms. The van der Waals surface area contributed by atoms with Crippen LogP contribution < -0.4 is 0 Å². The highest BCUT2D eigenvalue weighted by atomic mass is 35.5. The van der Waals surface area contributed by atoms with E-state index in [4.69, 9.17) is 11.6 Å². The number of unbranched alkanes of at least 4 members (excludes halogenated alkanes) is 9. The lowest BCUT2D eigenvalue weighted by Crippen LogP contribution is -2.20. The van der Waals surface area contributed by atoms with Crippen molar-refractivity contribution in [1.82, 2.24) is 4.90 Å². The van der Waals surface area contributed by atoms with Gasteiger partial charge in [0.05, 0.1) is 0 Å². The topological polar surface area (TPSA) is 3.24 Å². The van der Waals surface area contributed by atoms with Crippen LogP contribution in [0.15, 0.2) is 11.6 Å². The van der Waals surface area contributed by atoms with Crippen molar-refractivity contribution < 1.29 is 0 Å². The van der Waals surface area contributed by atoms with Crippen LogP contribution in [-0.2, 0) is 0 Å². The molecule has 0 amide bonds. The molecule has 0 spiro atoms. The van der Waals surface area contributed by atoms with Gasteiger partial charge in [0.1, 0.15) is 0 Å². The van der Waals surface area contributed by atoms with Crippen LogP contribution in [-0.4, -0.2) is 16.3 Å². The molecule has 0 aromatic rings. The van der Waals surface area contributed by atoms with Crippen molar-refractivity contribution in [1.29, 1.82) is 0 Å². The predicted octanol–water partition coefficient (Wildman–Crippen LogP) is 5.95. The van der Waals surface area contributed by atoms with Gasteiger partial charge in [-0.1, -0.05) is 88.1 Å². The number of hydrogen-bond donors (Lipinski definition) is 0. The average molecular weight is 290 g/mol. The lowest BCUT2D eigenvalue weighted by Gasteiger charge is -2.19. The van der Waals surface area contributed by atoms with Crippen LogP contribution in [0.2, 0.25) is 0 Å². The first kappa shape index (κ1) is 16.2. The smallest absolute Gasteiger partial charge is 0.154 e. The van der Waals surface area contributed by atoms with E-state index in [2.05, 4.69) is 23.4 Å². The van der Waals surface area contributed by atoms with Crippen molar-refractivity contribution in [2.24, 2.45) is 0 Å². The summed E-state index contributed by atoms with van der Waals surface area (Å²) < 4.78 is 0. The summed E-state index contributed by atoms with van der Waals surface area (Å²) in [6.07, 6.45) is 16.1. The van der Waals surface area contributed by atoms with E-state index in [1.165, 1.54) is 64.2 Å². The molecule has 1 nitrogen and oxygen atoms in total. The maximum Gasteiger partial charge on any atom is 0.154 e. The molecule has 0 fully saturated rings. The minimum Gasteiger partial charge on any atom is -0.352 e. The number of rotatable bonds is 11. The van der Waals surface area contributed by atoms with Crippen LogP contribution in [0, 0.1) is 0 Å². The van der Waals surface area contributed by atoms with Crippen molar-refractivity contribution in [3.05, 3.63) is 11.6 Å². The summed E-state index contributed by atoms with van der Waals surface area (Å²) in [5, 5.41) is 2.09. The van der Waals surface area contributed by atoms with Crippen molar-refractivity contribution in [2.45, 2.75) is 76.0 Å². The molecule has 106 valence electrons. The molecule has 1 heterocycles. The Balaban J connectivity index is 1.77. The monoisotopic (exact) mass is 289 g/mol. The Labute approximate surface area is 122 Å². The molecule has 1 rings (SSSR count). The highest BCUT2D eigenvalue weighted by Crippen LogP contribution is 2.28. The molecule has 3 heteroatoms. The number of thioether (sulfide) groups is 1. The summed E-state index contributed by atoms with van der Waals surface area (Å²) in [6, 6.07) is 0. The van der Waals surface area contributed by atoms with Gasteiger partial charge < -0.3 is 4.90 Å². The standard InChI is InChI=1S/C15H28ClNS/c1-2-3-4-5-6-7-8-9-10-11-12-17-13-14-18-15(17)16/h13-15H,2-12H2,1H3. The Hall–Kier alpha value is 0.180. The lowest BCUT2D eigenvalue weighted by atomic mass is 10.1.